The van der Waals surface area contributed by atoms with Crippen LogP contribution in [-0.2, 0) is 14.8 Å². The molecule has 2 rings (SSSR count). The lowest BCUT2D eigenvalue weighted by Gasteiger charge is -2.13. The zero-order valence-corrected chi connectivity index (χ0v) is 13.1. The molecule has 0 heterocycles. The van der Waals surface area contributed by atoms with Crippen LogP contribution in [0.1, 0.15) is 12.5 Å². The average Bonchev–Trinajstić information content (AvgIpc) is 2.48. The van der Waals surface area contributed by atoms with Crippen LogP contribution in [0.5, 0.6) is 5.75 Å². The molecular weight excluding hydrogens is 302 g/mol. The van der Waals surface area contributed by atoms with Crippen molar-refractivity contribution in [1.82, 2.24) is 4.72 Å². The molecule has 6 heteroatoms. The maximum absolute atomic E-state index is 12.2. The van der Waals surface area contributed by atoms with E-state index in [0.717, 1.165) is 5.56 Å². The third-order valence-electron chi connectivity index (χ3n) is 2.92. The predicted molar refractivity (Wildman–Crippen MR) is 81.9 cm³/mol. The molecule has 0 aliphatic carbocycles. The Balaban J connectivity index is 2.05. The lowest BCUT2D eigenvalue weighted by atomic mass is 10.2. The second-order valence-corrected chi connectivity index (χ2v) is 6.53. The van der Waals surface area contributed by atoms with Crippen LogP contribution in [-0.4, -0.2) is 20.4 Å². The monoisotopic (exact) mass is 318 g/mol. The zero-order valence-electron chi connectivity index (χ0n) is 12.2. The molecule has 0 aliphatic heterocycles. The Morgan fingerprint density at radius 3 is 2.32 bits per heavy atom. The number of rotatable bonds is 5. The highest BCUT2D eigenvalue weighted by molar-refractivity contribution is 7.89. The van der Waals surface area contributed by atoms with Crippen molar-refractivity contribution in [3.63, 3.8) is 0 Å². The lowest BCUT2D eigenvalue weighted by molar-refractivity contribution is -0.135. The van der Waals surface area contributed by atoms with Gasteiger partial charge in [0.1, 0.15) is 11.8 Å². The largest absolute Gasteiger partial charge is 0.425 e. The third kappa shape index (κ3) is 4.16. The normalized spacial score (nSPS) is 12.6. The molecule has 1 atom stereocenters. The zero-order chi connectivity index (χ0) is 16.2. The van der Waals surface area contributed by atoms with Crippen molar-refractivity contribution in [3.8, 4) is 5.75 Å². The summed E-state index contributed by atoms with van der Waals surface area (Å²) in [6, 6.07) is 14.5. The van der Waals surface area contributed by atoms with Crippen LogP contribution >= 0.6 is 0 Å². The summed E-state index contributed by atoms with van der Waals surface area (Å²) in [5.41, 5.74) is 0.951. The smallest absolute Gasteiger partial charge is 0.329 e. The minimum atomic E-state index is -3.77. The summed E-state index contributed by atoms with van der Waals surface area (Å²) in [6.07, 6.45) is 0. The maximum Gasteiger partial charge on any atom is 0.329 e. The maximum atomic E-state index is 12.2. The van der Waals surface area contributed by atoms with Gasteiger partial charge in [-0.05, 0) is 44.2 Å². The first kappa shape index (κ1) is 16.2. The molecule has 1 unspecified atom stereocenters. The summed E-state index contributed by atoms with van der Waals surface area (Å²) in [5.74, 6) is -0.341. The molecule has 0 amide bonds. The standard InChI is InChI=1S/C16H16NO4S/c1-12-8-10-15(11-9-12)22(19,20)17-13(2)16(18)21-14-6-4-3-5-7-14/h4-11,13,17H,1-2H3. The Morgan fingerprint density at radius 2 is 1.73 bits per heavy atom. The van der Waals surface area contributed by atoms with Gasteiger partial charge in [-0.15, -0.1) is 0 Å². The lowest BCUT2D eigenvalue weighted by Crippen LogP contribution is -2.40. The SMILES string of the molecule is Cc1ccc(S(=O)(=O)NC(C)C(=O)Oc2cc[c]cc2)cc1. The first-order valence-electron chi connectivity index (χ1n) is 6.65. The van der Waals surface area contributed by atoms with Gasteiger partial charge in [-0.1, -0.05) is 29.8 Å². The van der Waals surface area contributed by atoms with Gasteiger partial charge >= 0.3 is 5.97 Å². The highest BCUT2D eigenvalue weighted by atomic mass is 32.2. The Hall–Kier alpha value is -2.18. The Morgan fingerprint density at radius 1 is 1.14 bits per heavy atom. The third-order valence-corrected chi connectivity index (χ3v) is 4.48. The summed E-state index contributed by atoms with van der Waals surface area (Å²) in [5, 5.41) is 0. The van der Waals surface area contributed by atoms with Crippen molar-refractivity contribution in [2.24, 2.45) is 0 Å². The number of carbonyl (C=O) groups excluding carboxylic acids is 1. The molecule has 0 fully saturated rings. The second kappa shape index (κ2) is 6.72. The van der Waals surface area contributed by atoms with E-state index in [4.69, 9.17) is 4.74 Å². The molecule has 0 spiro atoms. The highest BCUT2D eigenvalue weighted by Gasteiger charge is 2.23. The number of aryl methyl sites for hydroxylation is 1. The molecule has 0 saturated carbocycles. The first-order chi connectivity index (χ1) is 10.4. The summed E-state index contributed by atoms with van der Waals surface area (Å²) < 4.78 is 31.8. The molecule has 0 aromatic heterocycles. The van der Waals surface area contributed by atoms with Crippen LogP contribution < -0.4 is 9.46 Å². The minimum absolute atomic E-state index is 0.104. The fourth-order valence-corrected chi connectivity index (χ4v) is 2.90. The van der Waals surface area contributed by atoms with E-state index in [-0.39, 0.29) is 4.90 Å². The van der Waals surface area contributed by atoms with Crippen molar-refractivity contribution >= 4 is 16.0 Å². The summed E-state index contributed by atoms with van der Waals surface area (Å²) in [6.45, 7) is 3.30. The van der Waals surface area contributed by atoms with E-state index in [1.807, 2.05) is 6.92 Å². The number of nitrogens with one attached hydrogen (secondary N) is 1. The van der Waals surface area contributed by atoms with E-state index in [1.165, 1.54) is 19.1 Å². The number of benzene rings is 2. The summed E-state index contributed by atoms with van der Waals surface area (Å²) in [4.78, 5) is 12.0. The Labute approximate surface area is 130 Å². The molecule has 115 valence electrons. The molecule has 0 bridgehead atoms. The van der Waals surface area contributed by atoms with Gasteiger partial charge in [0.2, 0.25) is 10.0 Å². The van der Waals surface area contributed by atoms with Gasteiger partial charge < -0.3 is 4.74 Å². The van der Waals surface area contributed by atoms with Gasteiger partial charge in [-0.25, -0.2) is 13.2 Å². The molecule has 0 aliphatic rings. The van der Waals surface area contributed by atoms with E-state index < -0.39 is 22.0 Å². The van der Waals surface area contributed by atoms with E-state index in [9.17, 15) is 13.2 Å². The topological polar surface area (TPSA) is 72.5 Å². The highest BCUT2D eigenvalue weighted by Crippen LogP contribution is 2.12. The molecule has 0 saturated heterocycles. The van der Waals surface area contributed by atoms with Crippen LogP contribution in [0.2, 0.25) is 0 Å². The fourth-order valence-electron chi connectivity index (χ4n) is 1.71. The molecule has 1 radical (unpaired) electrons. The number of ether oxygens (including phenoxy) is 1. The van der Waals surface area contributed by atoms with Crippen molar-refractivity contribution in [2.45, 2.75) is 24.8 Å². The van der Waals surface area contributed by atoms with Crippen molar-refractivity contribution < 1.29 is 17.9 Å². The Bertz CT molecular complexity index is 739. The fraction of sp³-hybridized carbons (Fsp3) is 0.188. The number of hydrogen-bond donors (Lipinski definition) is 1. The second-order valence-electron chi connectivity index (χ2n) is 4.81. The number of carbonyl (C=O) groups is 1. The van der Waals surface area contributed by atoms with Gasteiger partial charge in [-0.2, -0.15) is 4.72 Å². The van der Waals surface area contributed by atoms with Crippen LogP contribution in [0.15, 0.2) is 53.4 Å². The van der Waals surface area contributed by atoms with Gasteiger partial charge in [0.15, 0.2) is 0 Å². The molecule has 5 nitrogen and oxygen atoms in total. The van der Waals surface area contributed by atoms with E-state index >= 15 is 0 Å². The number of sulfonamides is 1. The number of esters is 1. The van der Waals surface area contributed by atoms with Gasteiger partial charge in [0.25, 0.3) is 0 Å². The van der Waals surface area contributed by atoms with E-state index in [1.54, 1.807) is 36.4 Å². The number of hydrogen-bond acceptors (Lipinski definition) is 4. The molecular formula is C16H16NO4S. The van der Waals surface area contributed by atoms with Crippen LogP contribution in [0.25, 0.3) is 0 Å². The van der Waals surface area contributed by atoms with Crippen LogP contribution in [0, 0.1) is 13.0 Å². The van der Waals surface area contributed by atoms with Gasteiger partial charge in [0, 0.05) is 0 Å². The average molecular weight is 318 g/mol. The Kier molecular flexibility index (Phi) is 4.95. The summed E-state index contributed by atoms with van der Waals surface area (Å²) in [7, 11) is -3.77. The van der Waals surface area contributed by atoms with E-state index in [2.05, 4.69) is 10.8 Å². The van der Waals surface area contributed by atoms with Gasteiger partial charge in [0.05, 0.1) is 4.90 Å². The minimum Gasteiger partial charge on any atom is -0.425 e. The van der Waals surface area contributed by atoms with Crippen LogP contribution in [0.4, 0.5) is 0 Å². The molecule has 2 aromatic carbocycles. The first-order valence-corrected chi connectivity index (χ1v) is 8.13. The molecule has 2 aromatic rings. The van der Waals surface area contributed by atoms with Crippen molar-refractivity contribution in [2.75, 3.05) is 0 Å². The van der Waals surface area contributed by atoms with Gasteiger partial charge in [-0.3, -0.25) is 0 Å². The molecule has 1 N–H and O–H groups in total. The molecule has 22 heavy (non-hydrogen) atoms. The summed E-state index contributed by atoms with van der Waals surface area (Å²) >= 11 is 0. The van der Waals surface area contributed by atoms with Crippen LogP contribution in [0.3, 0.4) is 0 Å². The predicted octanol–water partition coefficient (Wildman–Crippen LogP) is 2.07. The van der Waals surface area contributed by atoms with Crippen molar-refractivity contribution in [3.05, 3.63) is 60.2 Å². The van der Waals surface area contributed by atoms with Crippen molar-refractivity contribution in [1.29, 1.82) is 0 Å². The quantitative estimate of drug-likeness (QED) is 0.676. The van der Waals surface area contributed by atoms with E-state index in [0.29, 0.717) is 5.75 Å².